The lowest BCUT2D eigenvalue weighted by molar-refractivity contribution is 0.0987. The molecule has 0 fully saturated rings. The Kier molecular flexibility index (Phi) is 4.25. The van der Waals surface area contributed by atoms with Gasteiger partial charge in [-0.2, -0.15) is 0 Å². The standard InChI is InChI=1S/C19H17FN2O2/c1-11(2)12-7-8-16-14(9-12)19(24)22-18(21-16)10-17(23)13-5-3-4-6-15(13)20/h3-9,11H,10H2,1-2H3,(H,21,22,24). The number of nitrogens with zero attached hydrogens (tertiary/aromatic N) is 1. The Morgan fingerprint density at radius 1 is 1.21 bits per heavy atom. The summed E-state index contributed by atoms with van der Waals surface area (Å²) in [4.78, 5) is 31.5. The summed E-state index contributed by atoms with van der Waals surface area (Å²) >= 11 is 0. The number of fused-ring (bicyclic) bond motifs is 1. The van der Waals surface area contributed by atoms with Gasteiger partial charge in [-0.1, -0.05) is 32.0 Å². The van der Waals surface area contributed by atoms with E-state index in [2.05, 4.69) is 9.97 Å². The molecule has 0 atom stereocenters. The molecule has 3 rings (SSSR count). The zero-order valence-electron chi connectivity index (χ0n) is 13.5. The summed E-state index contributed by atoms with van der Waals surface area (Å²) in [6.07, 6.45) is -0.155. The molecule has 3 aromatic rings. The van der Waals surface area contributed by atoms with Crippen molar-refractivity contribution < 1.29 is 9.18 Å². The monoisotopic (exact) mass is 324 g/mol. The fourth-order valence-corrected chi connectivity index (χ4v) is 2.58. The molecule has 0 aliphatic heterocycles. The average Bonchev–Trinajstić information content (AvgIpc) is 2.54. The molecule has 0 bridgehead atoms. The molecule has 0 saturated heterocycles. The number of hydrogen-bond donors (Lipinski definition) is 1. The third kappa shape index (κ3) is 3.11. The maximum atomic E-state index is 13.7. The van der Waals surface area contributed by atoms with E-state index in [0.29, 0.717) is 16.8 Å². The second kappa shape index (κ2) is 6.35. The summed E-state index contributed by atoms with van der Waals surface area (Å²) in [5.74, 6) is -0.462. The van der Waals surface area contributed by atoms with Gasteiger partial charge in [-0.3, -0.25) is 9.59 Å². The minimum absolute atomic E-state index is 0.00426. The topological polar surface area (TPSA) is 62.8 Å². The summed E-state index contributed by atoms with van der Waals surface area (Å²) in [5.41, 5.74) is 1.28. The molecule has 2 aromatic carbocycles. The lowest BCUT2D eigenvalue weighted by atomic mass is 10.0. The maximum Gasteiger partial charge on any atom is 0.258 e. The van der Waals surface area contributed by atoms with Crippen LogP contribution in [0.4, 0.5) is 4.39 Å². The van der Waals surface area contributed by atoms with Crippen molar-refractivity contribution in [2.45, 2.75) is 26.2 Å². The Bertz CT molecular complexity index is 977. The zero-order valence-corrected chi connectivity index (χ0v) is 13.5. The Morgan fingerprint density at radius 3 is 2.67 bits per heavy atom. The van der Waals surface area contributed by atoms with Crippen LogP contribution in [-0.4, -0.2) is 15.8 Å². The summed E-state index contributed by atoms with van der Waals surface area (Å²) in [6, 6.07) is 11.3. The van der Waals surface area contributed by atoms with E-state index >= 15 is 0 Å². The van der Waals surface area contributed by atoms with E-state index in [-0.39, 0.29) is 23.4 Å². The second-order valence-corrected chi connectivity index (χ2v) is 6.02. The number of Topliss-reactive ketones (excluding diaryl/α,β-unsaturated/α-hetero) is 1. The van der Waals surface area contributed by atoms with Gasteiger partial charge in [-0.15, -0.1) is 0 Å². The van der Waals surface area contributed by atoms with Crippen LogP contribution in [0.15, 0.2) is 47.3 Å². The lowest BCUT2D eigenvalue weighted by Crippen LogP contribution is -2.16. The number of carbonyl (C=O) groups is 1. The van der Waals surface area contributed by atoms with Crippen LogP contribution in [0.1, 0.15) is 41.5 Å². The molecule has 1 heterocycles. The molecule has 24 heavy (non-hydrogen) atoms. The van der Waals surface area contributed by atoms with E-state index in [0.717, 1.165) is 5.56 Å². The van der Waals surface area contributed by atoms with Gasteiger partial charge in [-0.25, -0.2) is 9.37 Å². The van der Waals surface area contributed by atoms with Crippen LogP contribution in [0.5, 0.6) is 0 Å². The van der Waals surface area contributed by atoms with Crippen molar-refractivity contribution in [1.29, 1.82) is 0 Å². The van der Waals surface area contributed by atoms with Gasteiger partial charge in [0.25, 0.3) is 5.56 Å². The van der Waals surface area contributed by atoms with Crippen molar-refractivity contribution in [2.24, 2.45) is 0 Å². The van der Waals surface area contributed by atoms with Crippen molar-refractivity contribution in [3.8, 4) is 0 Å². The molecule has 0 saturated carbocycles. The predicted octanol–water partition coefficient (Wildman–Crippen LogP) is 3.61. The highest BCUT2D eigenvalue weighted by Crippen LogP contribution is 2.18. The van der Waals surface area contributed by atoms with Crippen molar-refractivity contribution in [3.63, 3.8) is 0 Å². The van der Waals surface area contributed by atoms with E-state index in [9.17, 15) is 14.0 Å². The number of nitrogens with one attached hydrogen (secondary N) is 1. The van der Waals surface area contributed by atoms with Gasteiger partial charge in [0.1, 0.15) is 11.6 Å². The number of benzene rings is 2. The molecule has 0 radical (unpaired) electrons. The molecular formula is C19H17FN2O2. The number of aromatic nitrogens is 2. The fraction of sp³-hybridized carbons (Fsp3) is 0.211. The minimum Gasteiger partial charge on any atom is -0.310 e. The van der Waals surface area contributed by atoms with Gasteiger partial charge in [0.15, 0.2) is 5.78 Å². The van der Waals surface area contributed by atoms with Crippen LogP contribution in [0, 0.1) is 5.82 Å². The van der Waals surface area contributed by atoms with Crippen molar-refractivity contribution in [2.75, 3.05) is 0 Å². The molecular weight excluding hydrogens is 307 g/mol. The van der Waals surface area contributed by atoms with Gasteiger partial charge >= 0.3 is 0 Å². The van der Waals surface area contributed by atoms with E-state index in [1.807, 2.05) is 26.0 Å². The Labute approximate surface area is 138 Å². The van der Waals surface area contributed by atoms with Crippen LogP contribution in [0.25, 0.3) is 10.9 Å². The Balaban J connectivity index is 1.97. The van der Waals surface area contributed by atoms with Crippen molar-refractivity contribution in [3.05, 3.63) is 75.6 Å². The highest BCUT2D eigenvalue weighted by molar-refractivity contribution is 5.97. The number of rotatable bonds is 4. The number of halogens is 1. The number of ketones is 1. The quantitative estimate of drug-likeness (QED) is 0.746. The van der Waals surface area contributed by atoms with Crippen LogP contribution in [0.2, 0.25) is 0 Å². The first kappa shape index (κ1) is 16.1. The maximum absolute atomic E-state index is 13.7. The molecule has 4 nitrogen and oxygen atoms in total. The van der Waals surface area contributed by atoms with Crippen molar-refractivity contribution >= 4 is 16.7 Å². The van der Waals surface area contributed by atoms with Gasteiger partial charge in [-0.05, 0) is 35.7 Å². The summed E-state index contributed by atoms with van der Waals surface area (Å²) in [6.45, 7) is 4.09. The third-order valence-electron chi connectivity index (χ3n) is 3.95. The molecule has 0 spiro atoms. The third-order valence-corrected chi connectivity index (χ3v) is 3.95. The molecule has 0 amide bonds. The molecule has 122 valence electrons. The van der Waals surface area contributed by atoms with Crippen LogP contribution < -0.4 is 5.56 Å². The smallest absolute Gasteiger partial charge is 0.258 e. The first-order chi connectivity index (χ1) is 11.5. The van der Waals surface area contributed by atoms with Gasteiger partial charge in [0.2, 0.25) is 0 Å². The molecule has 0 unspecified atom stereocenters. The van der Waals surface area contributed by atoms with Crippen LogP contribution >= 0.6 is 0 Å². The first-order valence-corrected chi connectivity index (χ1v) is 7.76. The van der Waals surface area contributed by atoms with Gasteiger partial charge < -0.3 is 4.98 Å². The van der Waals surface area contributed by atoms with E-state index in [1.54, 1.807) is 12.1 Å². The lowest BCUT2D eigenvalue weighted by Gasteiger charge is -2.07. The molecule has 1 N–H and O–H groups in total. The highest BCUT2D eigenvalue weighted by Gasteiger charge is 2.14. The predicted molar refractivity (Wildman–Crippen MR) is 90.9 cm³/mol. The minimum atomic E-state index is -0.577. The normalized spacial score (nSPS) is 11.2. The highest BCUT2D eigenvalue weighted by atomic mass is 19.1. The SMILES string of the molecule is CC(C)c1ccc2nc(CC(=O)c3ccccc3F)[nH]c(=O)c2c1. The zero-order chi connectivity index (χ0) is 17.3. The number of H-pyrrole nitrogens is 1. The Hall–Kier alpha value is -2.82. The summed E-state index contributed by atoms with van der Waals surface area (Å²) < 4.78 is 13.7. The summed E-state index contributed by atoms with van der Waals surface area (Å²) in [7, 11) is 0. The number of aromatic amines is 1. The van der Waals surface area contributed by atoms with Crippen LogP contribution in [0.3, 0.4) is 0 Å². The van der Waals surface area contributed by atoms with Gasteiger partial charge in [0.05, 0.1) is 22.9 Å². The fourth-order valence-electron chi connectivity index (χ4n) is 2.58. The Morgan fingerprint density at radius 2 is 1.96 bits per heavy atom. The molecule has 0 aliphatic carbocycles. The average molecular weight is 324 g/mol. The number of hydrogen-bond acceptors (Lipinski definition) is 3. The second-order valence-electron chi connectivity index (χ2n) is 6.02. The molecule has 0 aliphatic rings. The van der Waals surface area contributed by atoms with E-state index in [1.165, 1.54) is 18.2 Å². The number of carbonyl (C=O) groups excluding carboxylic acids is 1. The van der Waals surface area contributed by atoms with E-state index < -0.39 is 11.6 Å². The van der Waals surface area contributed by atoms with Gasteiger partial charge in [0, 0.05) is 0 Å². The first-order valence-electron chi connectivity index (χ1n) is 7.76. The molecule has 5 heteroatoms. The summed E-state index contributed by atoms with van der Waals surface area (Å²) in [5, 5.41) is 0.489. The van der Waals surface area contributed by atoms with E-state index in [4.69, 9.17) is 0 Å². The van der Waals surface area contributed by atoms with Crippen molar-refractivity contribution in [1.82, 2.24) is 9.97 Å². The largest absolute Gasteiger partial charge is 0.310 e. The molecule has 1 aromatic heterocycles. The van der Waals surface area contributed by atoms with Crippen LogP contribution in [-0.2, 0) is 6.42 Å².